The average Bonchev–Trinajstić information content (AvgIpc) is 3.42. The number of hydrazine groups is 3. The van der Waals surface area contributed by atoms with Gasteiger partial charge in [-0.1, -0.05) is 74.1 Å². The van der Waals surface area contributed by atoms with Gasteiger partial charge in [-0.05, 0) is 35.6 Å². The van der Waals surface area contributed by atoms with Crippen molar-refractivity contribution in [1.82, 2.24) is 36.4 Å². The first-order valence-electron chi connectivity index (χ1n) is 12.4. The van der Waals surface area contributed by atoms with Gasteiger partial charge in [0.05, 0.1) is 11.5 Å². The van der Waals surface area contributed by atoms with Crippen molar-refractivity contribution in [2.24, 2.45) is 0 Å². The van der Waals surface area contributed by atoms with Crippen molar-refractivity contribution in [2.75, 3.05) is 14.1 Å². The van der Waals surface area contributed by atoms with Crippen molar-refractivity contribution < 1.29 is 0 Å². The summed E-state index contributed by atoms with van der Waals surface area (Å²) in [7, 11) is 3.82. The zero-order chi connectivity index (χ0) is 25.7. The second-order valence-corrected chi connectivity index (χ2v) is 9.78. The largest absolute Gasteiger partial charge is 0.372 e. The molecule has 4 rings (SSSR count). The van der Waals surface area contributed by atoms with E-state index in [2.05, 4.69) is 65.2 Å². The summed E-state index contributed by atoms with van der Waals surface area (Å²) in [5.41, 5.74) is 18.0. The molecule has 1 fully saturated rings. The minimum absolute atomic E-state index is 0.00519. The van der Waals surface area contributed by atoms with Gasteiger partial charge >= 0.3 is 0 Å². The van der Waals surface area contributed by atoms with Gasteiger partial charge in [0.15, 0.2) is 0 Å². The molecule has 0 bridgehead atoms. The summed E-state index contributed by atoms with van der Waals surface area (Å²) in [6.07, 6.45) is 3.19. The number of thiocarbonyl (C=S) groups is 1. The number of hydrogen-bond donors (Lipinski definition) is 4. The van der Waals surface area contributed by atoms with Gasteiger partial charge in [0.25, 0.3) is 5.56 Å². The summed E-state index contributed by atoms with van der Waals surface area (Å²) in [6, 6.07) is 16.7. The highest BCUT2D eigenvalue weighted by molar-refractivity contribution is 7.80. The smallest absolute Gasteiger partial charge is 0.257 e. The SMILES string of the molecule is CCCCc1nc(C)c(CC(=S)N(C)C)c(=O)n1Cc1ccc(-c2ccccc2C2NNNN2)cc1. The molecule has 2 heterocycles. The van der Waals surface area contributed by atoms with Crippen LogP contribution in [0.25, 0.3) is 11.1 Å². The van der Waals surface area contributed by atoms with Crippen LogP contribution in [0.1, 0.15) is 54.1 Å². The molecule has 1 aliphatic heterocycles. The maximum absolute atomic E-state index is 13.6. The molecule has 0 atom stereocenters. The van der Waals surface area contributed by atoms with Crippen LogP contribution >= 0.6 is 12.2 Å². The third-order valence-electron chi connectivity index (χ3n) is 6.50. The molecule has 0 amide bonds. The number of benzene rings is 2. The molecule has 9 heteroatoms. The minimum Gasteiger partial charge on any atom is -0.372 e. The number of hydrogen-bond acceptors (Lipinski definition) is 7. The van der Waals surface area contributed by atoms with Crippen molar-refractivity contribution in [2.45, 2.75) is 52.2 Å². The van der Waals surface area contributed by atoms with Crippen molar-refractivity contribution in [1.29, 1.82) is 0 Å². The number of unbranched alkanes of at least 4 members (excludes halogenated alkanes) is 1. The highest BCUT2D eigenvalue weighted by atomic mass is 32.1. The normalized spacial score (nSPS) is 13.8. The molecule has 36 heavy (non-hydrogen) atoms. The molecule has 0 aliphatic carbocycles. The number of aromatic nitrogens is 2. The van der Waals surface area contributed by atoms with Gasteiger partial charge in [-0.25, -0.2) is 15.8 Å². The molecular weight excluding hydrogens is 470 g/mol. The van der Waals surface area contributed by atoms with Crippen molar-refractivity contribution in [3.8, 4) is 11.1 Å². The molecule has 4 N–H and O–H groups in total. The maximum atomic E-state index is 13.6. The summed E-state index contributed by atoms with van der Waals surface area (Å²) in [5.74, 6) is 0.840. The van der Waals surface area contributed by atoms with Crippen LogP contribution in [-0.2, 0) is 19.4 Å². The Kier molecular flexibility index (Phi) is 8.60. The third-order valence-corrected chi connectivity index (χ3v) is 7.01. The second kappa shape index (κ2) is 11.9. The van der Waals surface area contributed by atoms with Gasteiger partial charge in [-0.15, -0.1) is 0 Å². The van der Waals surface area contributed by atoms with E-state index in [0.29, 0.717) is 18.5 Å². The second-order valence-electron chi connectivity index (χ2n) is 9.31. The fraction of sp³-hybridized carbons (Fsp3) is 0.370. The first-order chi connectivity index (χ1) is 17.4. The summed E-state index contributed by atoms with van der Waals surface area (Å²) < 4.78 is 1.84. The van der Waals surface area contributed by atoms with E-state index in [4.69, 9.17) is 17.2 Å². The van der Waals surface area contributed by atoms with Crippen LogP contribution in [0.2, 0.25) is 0 Å². The standard InChI is InChI=1S/C27H35N7OS/c1-5-6-11-24-28-18(2)23(16-25(36)33(3)4)27(35)34(24)17-19-12-14-20(15-13-19)21-9-7-8-10-22(21)26-29-31-32-30-26/h7-10,12-15,26,29-32H,5-6,11,16-17H2,1-4H3. The van der Waals surface area contributed by atoms with E-state index in [1.54, 1.807) is 0 Å². The Morgan fingerprint density at radius 3 is 2.44 bits per heavy atom. The highest BCUT2D eigenvalue weighted by Crippen LogP contribution is 2.28. The topological polar surface area (TPSA) is 86.2 Å². The molecule has 0 spiro atoms. The Balaban J connectivity index is 1.65. The maximum Gasteiger partial charge on any atom is 0.257 e. The molecular formula is C27H35N7OS. The van der Waals surface area contributed by atoms with Crippen molar-refractivity contribution in [3.05, 3.63) is 87.1 Å². The Bertz CT molecular complexity index is 1260. The number of nitrogens with one attached hydrogen (secondary N) is 4. The molecule has 0 radical (unpaired) electrons. The first-order valence-corrected chi connectivity index (χ1v) is 12.8. The fourth-order valence-electron chi connectivity index (χ4n) is 4.35. The highest BCUT2D eigenvalue weighted by Gasteiger charge is 2.19. The zero-order valence-electron chi connectivity index (χ0n) is 21.4. The lowest BCUT2D eigenvalue weighted by Crippen LogP contribution is -2.33. The molecule has 0 saturated carbocycles. The van der Waals surface area contributed by atoms with Gasteiger partial charge in [0.1, 0.15) is 12.0 Å². The van der Waals surface area contributed by atoms with Crippen LogP contribution in [0.4, 0.5) is 0 Å². The van der Waals surface area contributed by atoms with Gasteiger partial charge in [0.2, 0.25) is 0 Å². The number of rotatable bonds is 9. The summed E-state index contributed by atoms with van der Waals surface area (Å²) >= 11 is 5.50. The Hall–Kier alpha value is -2.95. The lowest BCUT2D eigenvalue weighted by molar-refractivity contribution is 0.556. The molecule has 1 aromatic heterocycles. The van der Waals surface area contributed by atoms with Gasteiger partial charge in [0, 0.05) is 38.2 Å². The predicted octanol–water partition coefficient (Wildman–Crippen LogP) is 3.16. The van der Waals surface area contributed by atoms with E-state index >= 15 is 0 Å². The van der Waals surface area contributed by atoms with Crippen LogP contribution in [0.3, 0.4) is 0 Å². The molecule has 8 nitrogen and oxygen atoms in total. The average molecular weight is 506 g/mol. The molecule has 0 unspecified atom stereocenters. The number of aryl methyl sites for hydroxylation is 2. The molecule has 3 aromatic rings. The molecule has 2 aromatic carbocycles. The van der Waals surface area contributed by atoms with Crippen molar-refractivity contribution in [3.63, 3.8) is 0 Å². The van der Waals surface area contributed by atoms with Crippen LogP contribution in [0.5, 0.6) is 0 Å². The van der Waals surface area contributed by atoms with Gasteiger partial charge in [-0.2, -0.15) is 11.1 Å². The lowest BCUT2D eigenvalue weighted by atomic mass is 9.97. The summed E-state index contributed by atoms with van der Waals surface area (Å²) in [5, 5.41) is 0. The van der Waals surface area contributed by atoms with E-state index in [1.165, 1.54) is 0 Å². The summed E-state index contributed by atoms with van der Waals surface area (Å²) in [4.78, 5) is 21.1. The van der Waals surface area contributed by atoms with Crippen molar-refractivity contribution >= 4 is 17.2 Å². The number of nitrogens with zero attached hydrogens (tertiary/aromatic N) is 3. The van der Waals surface area contributed by atoms with Crippen LogP contribution in [0.15, 0.2) is 53.3 Å². The van der Waals surface area contributed by atoms with E-state index in [9.17, 15) is 4.79 Å². The van der Waals surface area contributed by atoms with E-state index in [-0.39, 0.29) is 11.7 Å². The Morgan fingerprint density at radius 2 is 1.78 bits per heavy atom. The van der Waals surface area contributed by atoms with Crippen LogP contribution in [-0.4, -0.2) is 33.5 Å². The van der Waals surface area contributed by atoms with Gasteiger partial charge < -0.3 is 4.90 Å². The quantitative estimate of drug-likeness (QED) is 0.330. The first kappa shape index (κ1) is 26.1. The third kappa shape index (κ3) is 5.88. The van der Waals surface area contributed by atoms with E-state index in [0.717, 1.165) is 58.0 Å². The summed E-state index contributed by atoms with van der Waals surface area (Å²) in [6.45, 7) is 4.55. The Morgan fingerprint density at radius 1 is 1.08 bits per heavy atom. The van der Waals surface area contributed by atoms with Crippen LogP contribution < -0.4 is 27.5 Å². The van der Waals surface area contributed by atoms with E-state index in [1.807, 2.05) is 42.6 Å². The zero-order valence-corrected chi connectivity index (χ0v) is 22.2. The molecule has 1 saturated heterocycles. The number of likely N-dealkylation sites (N-methyl/N-ethyl adjacent to an activating group) is 1. The molecule has 1 aliphatic rings. The lowest BCUT2D eigenvalue weighted by Gasteiger charge is -2.19. The minimum atomic E-state index is -0.0501. The predicted molar refractivity (Wildman–Crippen MR) is 148 cm³/mol. The fourth-order valence-corrected chi connectivity index (χ4v) is 4.49. The van der Waals surface area contributed by atoms with E-state index < -0.39 is 0 Å². The van der Waals surface area contributed by atoms with Crippen LogP contribution in [0, 0.1) is 6.92 Å². The van der Waals surface area contributed by atoms with Gasteiger partial charge in [-0.3, -0.25) is 9.36 Å². The monoisotopic (exact) mass is 505 g/mol. The molecule has 190 valence electrons. The Labute approximate surface area is 218 Å².